The number of rotatable bonds is 1. The minimum Gasteiger partial charge on any atom is -0.381 e. The number of hydrogen-bond donors (Lipinski definition) is 0. The molecule has 2 heteroatoms. The Morgan fingerprint density at radius 1 is 1.67 bits per heavy atom. The van der Waals surface area contributed by atoms with Gasteiger partial charge in [0.1, 0.15) is 5.78 Å². The molecule has 2 nitrogen and oxygen atoms in total. The maximum absolute atomic E-state index is 10.9. The smallest absolute Gasteiger partial charge is 0.138 e. The zero-order valence-corrected chi connectivity index (χ0v) is 5.89. The molecular weight excluding hydrogens is 116 g/mol. The second-order valence-electron chi connectivity index (χ2n) is 2.57. The molecule has 0 amide bonds. The summed E-state index contributed by atoms with van der Waals surface area (Å²) >= 11 is 0. The number of methoxy groups -OCH3 is 1. The molecule has 0 bridgehead atoms. The van der Waals surface area contributed by atoms with Crippen LogP contribution in [0.5, 0.6) is 0 Å². The van der Waals surface area contributed by atoms with Crippen LogP contribution in [0.25, 0.3) is 0 Å². The number of ketones is 1. The second-order valence-corrected chi connectivity index (χ2v) is 2.57. The van der Waals surface area contributed by atoms with Crippen molar-refractivity contribution in [3.05, 3.63) is 0 Å². The number of hydrogen-bond acceptors (Lipinski definition) is 2. The van der Waals surface area contributed by atoms with Crippen LogP contribution in [0.4, 0.5) is 0 Å². The first kappa shape index (κ1) is 6.75. The normalized spacial score (nSPS) is 35.6. The molecule has 1 rings (SSSR count). The van der Waals surface area contributed by atoms with Crippen molar-refractivity contribution < 1.29 is 9.53 Å². The molecular formula is C7H12O2. The summed E-state index contributed by atoms with van der Waals surface area (Å²) in [6, 6.07) is 0. The predicted molar refractivity (Wildman–Crippen MR) is 34.2 cm³/mol. The molecule has 2 unspecified atom stereocenters. The molecule has 1 saturated carbocycles. The first-order valence-corrected chi connectivity index (χ1v) is 3.31. The van der Waals surface area contributed by atoms with Crippen LogP contribution in [-0.4, -0.2) is 19.0 Å². The van der Waals surface area contributed by atoms with Gasteiger partial charge in [-0.1, -0.05) is 6.92 Å². The summed E-state index contributed by atoms with van der Waals surface area (Å²) in [5, 5.41) is 0. The molecule has 0 spiro atoms. The molecule has 1 fully saturated rings. The molecule has 0 aliphatic heterocycles. The van der Waals surface area contributed by atoms with Crippen molar-refractivity contribution in [2.24, 2.45) is 5.92 Å². The number of carbonyl (C=O) groups is 1. The molecule has 52 valence electrons. The monoisotopic (exact) mass is 128 g/mol. The van der Waals surface area contributed by atoms with E-state index in [9.17, 15) is 4.79 Å². The van der Waals surface area contributed by atoms with Gasteiger partial charge in [0.2, 0.25) is 0 Å². The maximum Gasteiger partial charge on any atom is 0.138 e. The molecule has 0 saturated heterocycles. The van der Waals surface area contributed by atoms with Gasteiger partial charge in [0, 0.05) is 19.4 Å². The van der Waals surface area contributed by atoms with Gasteiger partial charge in [0.25, 0.3) is 0 Å². The van der Waals surface area contributed by atoms with Gasteiger partial charge in [-0.2, -0.15) is 0 Å². The van der Waals surface area contributed by atoms with Crippen molar-refractivity contribution in [3.8, 4) is 0 Å². The van der Waals surface area contributed by atoms with Crippen molar-refractivity contribution in [2.45, 2.75) is 25.9 Å². The van der Waals surface area contributed by atoms with Crippen LogP contribution in [-0.2, 0) is 9.53 Å². The fourth-order valence-corrected chi connectivity index (χ4v) is 1.29. The molecule has 2 atom stereocenters. The summed E-state index contributed by atoms with van der Waals surface area (Å²) in [5.41, 5.74) is 0. The summed E-state index contributed by atoms with van der Waals surface area (Å²) in [6.07, 6.45) is 1.81. The van der Waals surface area contributed by atoms with Crippen LogP contribution in [0, 0.1) is 5.92 Å². The third kappa shape index (κ3) is 1.13. The van der Waals surface area contributed by atoms with Crippen LogP contribution in [0.1, 0.15) is 19.8 Å². The van der Waals surface area contributed by atoms with Gasteiger partial charge in [0.05, 0.1) is 6.10 Å². The van der Waals surface area contributed by atoms with E-state index >= 15 is 0 Å². The summed E-state index contributed by atoms with van der Waals surface area (Å²) in [7, 11) is 1.67. The molecule has 1 aliphatic rings. The highest BCUT2D eigenvalue weighted by molar-refractivity contribution is 5.83. The Morgan fingerprint density at radius 3 is 2.56 bits per heavy atom. The molecule has 0 heterocycles. The third-order valence-electron chi connectivity index (χ3n) is 2.04. The first-order valence-electron chi connectivity index (χ1n) is 3.31. The SMILES string of the molecule is COC1CCC(=O)C1C. The number of carbonyl (C=O) groups excluding carboxylic acids is 1. The fourth-order valence-electron chi connectivity index (χ4n) is 1.29. The summed E-state index contributed by atoms with van der Waals surface area (Å²) in [6.45, 7) is 1.93. The molecule has 0 aromatic rings. The van der Waals surface area contributed by atoms with Crippen molar-refractivity contribution in [1.82, 2.24) is 0 Å². The van der Waals surface area contributed by atoms with Crippen molar-refractivity contribution in [1.29, 1.82) is 0 Å². The minimum atomic E-state index is 0.134. The van der Waals surface area contributed by atoms with E-state index in [4.69, 9.17) is 4.74 Å². The zero-order valence-electron chi connectivity index (χ0n) is 5.89. The van der Waals surface area contributed by atoms with E-state index < -0.39 is 0 Å². The van der Waals surface area contributed by atoms with Gasteiger partial charge < -0.3 is 4.74 Å². The Labute approximate surface area is 55.2 Å². The lowest BCUT2D eigenvalue weighted by molar-refractivity contribution is -0.121. The largest absolute Gasteiger partial charge is 0.381 e. The topological polar surface area (TPSA) is 26.3 Å². The quantitative estimate of drug-likeness (QED) is 0.526. The lowest BCUT2D eigenvalue weighted by Crippen LogP contribution is -2.17. The minimum absolute atomic E-state index is 0.134. The van der Waals surface area contributed by atoms with Crippen LogP contribution >= 0.6 is 0 Å². The molecule has 0 aromatic carbocycles. The highest BCUT2D eigenvalue weighted by Crippen LogP contribution is 2.23. The van der Waals surface area contributed by atoms with Gasteiger partial charge in [-0.25, -0.2) is 0 Å². The van der Waals surface area contributed by atoms with Gasteiger partial charge in [-0.15, -0.1) is 0 Å². The first-order chi connectivity index (χ1) is 4.25. The second kappa shape index (κ2) is 2.48. The zero-order chi connectivity index (χ0) is 6.85. The lowest BCUT2D eigenvalue weighted by atomic mass is 10.1. The third-order valence-corrected chi connectivity index (χ3v) is 2.04. The van der Waals surface area contributed by atoms with Crippen LogP contribution < -0.4 is 0 Å². The Balaban J connectivity index is 2.51. The maximum atomic E-state index is 10.9. The highest BCUT2D eigenvalue weighted by Gasteiger charge is 2.30. The fraction of sp³-hybridized carbons (Fsp3) is 0.857. The number of Topliss-reactive ketones (excluding diaryl/α,β-unsaturated/α-hetero) is 1. The summed E-state index contributed by atoms with van der Waals surface area (Å²) in [5.74, 6) is 0.483. The van der Waals surface area contributed by atoms with E-state index in [1.54, 1.807) is 7.11 Å². The molecule has 0 N–H and O–H groups in total. The van der Waals surface area contributed by atoms with Gasteiger partial charge in [-0.3, -0.25) is 4.79 Å². The van der Waals surface area contributed by atoms with Gasteiger partial charge in [-0.05, 0) is 6.42 Å². The van der Waals surface area contributed by atoms with Crippen LogP contribution in [0.3, 0.4) is 0 Å². The van der Waals surface area contributed by atoms with E-state index in [2.05, 4.69) is 0 Å². The van der Waals surface area contributed by atoms with Gasteiger partial charge >= 0.3 is 0 Å². The van der Waals surface area contributed by atoms with E-state index in [1.807, 2.05) is 6.92 Å². The Kier molecular flexibility index (Phi) is 1.86. The molecule has 0 radical (unpaired) electrons. The lowest BCUT2D eigenvalue weighted by Gasteiger charge is -2.10. The summed E-state index contributed by atoms with van der Waals surface area (Å²) < 4.78 is 5.07. The Bertz CT molecular complexity index is 120. The molecule has 1 aliphatic carbocycles. The van der Waals surface area contributed by atoms with Gasteiger partial charge in [0.15, 0.2) is 0 Å². The van der Waals surface area contributed by atoms with E-state index in [-0.39, 0.29) is 12.0 Å². The van der Waals surface area contributed by atoms with Crippen molar-refractivity contribution >= 4 is 5.78 Å². The standard InChI is InChI=1S/C7H12O2/c1-5-6(8)3-4-7(5)9-2/h5,7H,3-4H2,1-2H3. The van der Waals surface area contributed by atoms with E-state index in [1.165, 1.54) is 0 Å². The summed E-state index contributed by atoms with van der Waals surface area (Å²) in [4.78, 5) is 10.9. The van der Waals surface area contributed by atoms with E-state index in [0.717, 1.165) is 6.42 Å². The molecule has 9 heavy (non-hydrogen) atoms. The van der Waals surface area contributed by atoms with E-state index in [0.29, 0.717) is 12.2 Å². The van der Waals surface area contributed by atoms with Crippen molar-refractivity contribution in [2.75, 3.05) is 7.11 Å². The number of ether oxygens (including phenoxy) is 1. The van der Waals surface area contributed by atoms with Crippen molar-refractivity contribution in [3.63, 3.8) is 0 Å². The average molecular weight is 128 g/mol. The molecule has 0 aromatic heterocycles. The average Bonchev–Trinajstić information content (AvgIpc) is 2.15. The predicted octanol–water partition coefficient (Wildman–Crippen LogP) is 1.00. The van der Waals surface area contributed by atoms with Crippen LogP contribution in [0.2, 0.25) is 0 Å². The van der Waals surface area contributed by atoms with Crippen LogP contribution in [0.15, 0.2) is 0 Å². The Morgan fingerprint density at radius 2 is 2.33 bits per heavy atom. The Hall–Kier alpha value is -0.370. The highest BCUT2D eigenvalue weighted by atomic mass is 16.5.